The molecule has 0 atom stereocenters. The highest BCUT2D eigenvalue weighted by Crippen LogP contribution is 2.35. The third-order valence-electron chi connectivity index (χ3n) is 6.08. The first-order valence-corrected chi connectivity index (χ1v) is 12.7. The molecule has 0 bridgehead atoms. The summed E-state index contributed by atoms with van der Waals surface area (Å²) in [5.74, 6) is -0.0463. The van der Waals surface area contributed by atoms with Gasteiger partial charge in [-0.2, -0.15) is 0 Å². The Morgan fingerprint density at radius 2 is 1.85 bits per heavy atom. The average molecular weight is 496 g/mol. The molecule has 34 heavy (non-hydrogen) atoms. The van der Waals surface area contributed by atoms with Crippen LogP contribution in [0, 0.1) is 0 Å². The van der Waals surface area contributed by atoms with E-state index in [1.807, 2.05) is 4.57 Å². The van der Waals surface area contributed by atoms with Crippen LogP contribution in [0.15, 0.2) is 66.0 Å². The number of rotatable bonds is 6. The van der Waals surface area contributed by atoms with Crippen molar-refractivity contribution >= 4 is 49.9 Å². The van der Waals surface area contributed by atoms with Crippen LogP contribution in [0.5, 0.6) is 0 Å². The zero-order valence-electron chi connectivity index (χ0n) is 18.1. The highest BCUT2D eigenvalue weighted by molar-refractivity contribution is 7.92. The van der Waals surface area contributed by atoms with E-state index in [2.05, 4.69) is 14.7 Å². The number of anilines is 2. The van der Waals surface area contributed by atoms with E-state index >= 15 is 0 Å². The van der Waals surface area contributed by atoms with Crippen LogP contribution in [0.1, 0.15) is 47.6 Å². The Balaban J connectivity index is 1.51. The Labute approximate surface area is 201 Å². The Kier molecular flexibility index (Phi) is 5.75. The number of nitrogen functional groups attached to an aromatic ring is 1. The van der Waals surface area contributed by atoms with Crippen LogP contribution in [0.3, 0.4) is 0 Å². The van der Waals surface area contributed by atoms with Crippen LogP contribution in [-0.2, 0) is 10.0 Å². The Morgan fingerprint density at radius 1 is 1.09 bits per heavy atom. The number of fused-ring (bicyclic) bond motifs is 1. The average Bonchev–Trinajstić information content (AvgIpc) is 3.47. The van der Waals surface area contributed by atoms with E-state index in [-0.39, 0.29) is 28.2 Å². The third-order valence-corrected chi connectivity index (χ3v) is 7.70. The SMILES string of the molecule is Nc1ncnc2c1c(C(=O)c1cccc(NS(=O)(=O)c3cccc(Cl)c3)c1)cn2C1CCCC1. The molecule has 3 N–H and O–H groups in total. The molecule has 0 aliphatic heterocycles. The van der Waals surface area contributed by atoms with Crippen molar-refractivity contribution in [1.82, 2.24) is 14.5 Å². The second-order valence-corrected chi connectivity index (χ2v) is 10.4. The highest BCUT2D eigenvalue weighted by atomic mass is 35.5. The van der Waals surface area contributed by atoms with Gasteiger partial charge in [-0.1, -0.05) is 42.6 Å². The smallest absolute Gasteiger partial charge is 0.261 e. The van der Waals surface area contributed by atoms with E-state index in [0.717, 1.165) is 25.7 Å². The molecule has 0 unspecified atom stereocenters. The van der Waals surface area contributed by atoms with Crippen molar-refractivity contribution in [2.24, 2.45) is 0 Å². The predicted octanol–water partition coefficient (Wildman–Crippen LogP) is 4.81. The van der Waals surface area contributed by atoms with Gasteiger partial charge in [-0.3, -0.25) is 9.52 Å². The molecule has 1 saturated carbocycles. The summed E-state index contributed by atoms with van der Waals surface area (Å²) < 4.78 is 30.1. The molecule has 2 aromatic heterocycles. The summed E-state index contributed by atoms with van der Waals surface area (Å²) in [5.41, 5.74) is 7.77. The van der Waals surface area contributed by atoms with E-state index in [1.165, 1.54) is 24.5 Å². The van der Waals surface area contributed by atoms with Gasteiger partial charge in [0.05, 0.1) is 15.8 Å². The standard InChI is InChI=1S/C24H22ClN5O3S/c25-16-6-4-10-19(12-16)34(32,33)29-17-7-3-5-15(11-17)22(31)20-13-30(18-8-1-2-9-18)24-21(20)23(26)27-14-28-24/h3-7,10-14,18,29H,1-2,8-9H2,(H2,26,27,28). The van der Waals surface area contributed by atoms with Crippen molar-refractivity contribution in [1.29, 1.82) is 0 Å². The quantitative estimate of drug-likeness (QED) is 0.370. The van der Waals surface area contributed by atoms with Crippen LogP contribution < -0.4 is 10.5 Å². The number of aromatic nitrogens is 3. The van der Waals surface area contributed by atoms with Crippen molar-refractivity contribution < 1.29 is 13.2 Å². The number of nitrogens with zero attached hydrogens (tertiary/aromatic N) is 3. The molecule has 1 fully saturated rings. The van der Waals surface area contributed by atoms with Gasteiger partial charge in [0.2, 0.25) is 0 Å². The molecule has 1 aliphatic carbocycles. The fourth-order valence-corrected chi connectivity index (χ4v) is 5.82. The normalized spacial score (nSPS) is 14.5. The number of carbonyl (C=O) groups excluding carboxylic acids is 1. The number of sulfonamides is 1. The Bertz CT molecular complexity index is 1510. The minimum Gasteiger partial charge on any atom is -0.383 e. The second-order valence-electron chi connectivity index (χ2n) is 8.32. The van der Waals surface area contributed by atoms with Gasteiger partial charge in [0, 0.05) is 28.5 Å². The molecule has 2 heterocycles. The minimum absolute atomic E-state index is 0.0290. The largest absolute Gasteiger partial charge is 0.383 e. The molecule has 0 saturated heterocycles. The first kappa shape index (κ1) is 22.4. The molecule has 4 aromatic rings. The van der Waals surface area contributed by atoms with Gasteiger partial charge in [0.15, 0.2) is 5.78 Å². The van der Waals surface area contributed by atoms with Crippen LogP contribution in [-0.4, -0.2) is 28.7 Å². The number of hydrogen-bond acceptors (Lipinski definition) is 6. The molecule has 10 heteroatoms. The molecular formula is C24H22ClN5O3S. The van der Waals surface area contributed by atoms with E-state index < -0.39 is 10.0 Å². The number of ketones is 1. The van der Waals surface area contributed by atoms with Crippen LogP contribution in [0.4, 0.5) is 11.5 Å². The number of nitrogens with two attached hydrogens (primary N) is 1. The molecule has 0 radical (unpaired) electrons. The summed E-state index contributed by atoms with van der Waals surface area (Å²) in [7, 11) is -3.88. The van der Waals surface area contributed by atoms with E-state index in [1.54, 1.807) is 36.5 Å². The molecule has 5 rings (SSSR count). The van der Waals surface area contributed by atoms with Gasteiger partial charge < -0.3 is 10.3 Å². The maximum absolute atomic E-state index is 13.6. The van der Waals surface area contributed by atoms with Gasteiger partial charge in [0.1, 0.15) is 17.8 Å². The van der Waals surface area contributed by atoms with Gasteiger partial charge in [0.25, 0.3) is 10.0 Å². The third kappa shape index (κ3) is 4.12. The fraction of sp³-hybridized carbons (Fsp3) is 0.208. The molecule has 1 aliphatic rings. The Morgan fingerprint density at radius 3 is 2.62 bits per heavy atom. The van der Waals surface area contributed by atoms with Crippen molar-refractivity contribution in [3.63, 3.8) is 0 Å². The zero-order chi connectivity index (χ0) is 23.9. The maximum Gasteiger partial charge on any atom is 0.261 e. The summed E-state index contributed by atoms with van der Waals surface area (Å²) in [4.78, 5) is 22.1. The summed E-state index contributed by atoms with van der Waals surface area (Å²) >= 11 is 5.94. The number of carbonyl (C=O) groups is 1. The monoisotopic (exact) mass is 495 g/mol. The molecule has 8 nitrogen and oxygen atoms in total. The molecule has 2 aromatic carbocycles. The number of halogens is 1. The second kappa shape index (κ2) is 8.73. The number of nitrogens with one attached hydrogen (secondary N) is 1. The highest BCUT2D eigenvalue weighted by Gasteiger charge is 2.26. The van der Waals surface area contributed by atoms with E-state index in [0.29, 0.717) is 27.2 Å². The summed E-state index contributed by atoms with van der Waals surface area (Å²) in [6.45, 7) is 0. The van der Waals surface area contributed by atoms with Crippen molar-refractivity contribution in [3.8, 4) is 0 Å². The molecule has 174 valence electrons. The van der Waals surface area contributed by atoms with Crippen LogP contribution in [0.2, 0.25) is 5.02 Å². The number of hydrogen-bond donors (Lipinski definition) is 2. The lowest BCUT2D eigenvalue weighted by molar-refractivity contribution is 0.104. The number of benzene rings is 2. The van der Waals surface area contributed by atoms with Gasteiger partial charge in [-0.25, -0.2) is 18.4 Å². The van der Waals surface area contributed by atoms with Crippen LogP contribution in [0.25, 0.3) is 11.0 Å². The lowest BCUT2D eigenvalue weighted by Gasteiger charge is -2.12. The van der Waals surface area contributed by atoms with E-state index in [4.69, 9.17) is 17.3 Å². The summed E-state index contributed by atoms with van der Waals surface area (Å²) in [5, 5.41) is 0.828. The predicted molar refractivity (Wildman–Crippen MR) is 132 cm³/mol. The summed E-state index contributed by atoms with van der Waals surface area (Å²) in [6, 6.07) is 12.6. The zero-order valence-corrected chi connectivity index (χ0v) is 19.7. The van der Waals surface area contributed by atoms with Crippen molar-refractivity contribution in [3.05, 3.63) is 77.2 Å². The fourth-order valence-electron chi connectivity index (χ4n) is 4.47. The van der Waals surface area contributed by atoms with Crippen molar-refractivity contribution in [2.75, 3.05) is 10.5 Å². The lowest BCUT2D eigenvalue weighted by Crippen LogP contribution is -2.13. The molecule has 0 spiro atoms. The minimum atomic E-state index is -3.88. The van der Waals surface area contributed by atoms with E-state index in [9.17, 15) is 13.2 Å². The topological polar surface area (TPSA) is 120 Å². The summed E-state index contributed by atoms with van der Waals surface area (Å²) in [6.07, 6.45) is 7.50. The van der Waals surface area contributed by atoms with Gasteiger partial charge in [-0.05, 0) is 43.2 Å². The first-order chi connectivity index (χ1) is 16.3. The van der Waals surface area contributed by atoms with Crippen LogP contribution >= 0.6 is 11.6 Å². The first-order valence-electron chi connectivity index (χ1n) is 10.9. The molecule has 0 amide bonds. The lowest BCUT2D eigenvalue weighted by atomic mass is 10.0. The Hall–Kier alpha value is -3.43. The maximum atomic E-state index is 13.6. The molecular weight excluding hydrogens is 474 g/mol. The van der Waals surface area contributed by atoms with Gasteiger partial charge >= 0.3 is 0 Å². The van der Waals surface area contributed by atoms with Crippen molar-refractivity contribution in [2.45, 2.75) is 36.6 Å². The van der Waals surface area contributed by atoms with Gasteiger partial charge in [-0.15, -0.1) is 0 Å².